The smallest absolute Gasteiger partial charge is 0.0754 e. The standard InChI is InChI=1S/C8H17N2O2/c1-6-4-7(2)10(12)8(5-6)9(3)11/h6-8,11H,4-5H2,1-3H3/q-1. The fraction of sp³-hybridized carbons (Fsp3) is 1.00. The zero-order valence-electron chi connectivity index (χ0n) is 7.90. The van der Waals surface area contributed by atoms with Crippen molar-refractivity contribution in [1.29, 1.82) is 0 Å². The fourth-order valence-corrected chi connectivity index (χ4v) is 1.86. The summed E-state index contributed by atoms with van der Waals surface area (Å²) in [5.74, 6) is 0.518. The Morgan fingerprint density at radius 1 is 1.42 bits per heavy atom. The van der Waals surface area contributed by atoms with Crippen molar-refractivity contribution in [3.05, 3.63) is 5.21 Å². The van der Waals surface area contributed by atoms with Crippen LogP contribution in [0.2, 0.25) is 0 Å². The van der Waals surface area contributed by atoms with Crippen molar-refractivity contribution < 1.29 is 5.21 Å². The molecular formula is C8H17N2O2-. The Balaban J connectivity index is 2.60. The van der Waals surface area contributed by atoms with Crippen LogP contribution in [-0.2, 0) is 0 Å². The number of piperidine rings is 1. The van der Waals surface area contributed by atoms with E-state index in [1.807, 2.05) is 6.92 Å². The van der Waals surface area contributed by atoms with E-state index in [2.05, 4.69) is 6.92 Å². The van der Waals surface area contributed by atoms with Gasteiger partial charge in [-0.3, -0.25) is 0 Å². The third-order valence-corrected chi connectivity index (χ3v) is 2.52. The fourth-order valence-electron chi connectivity index (χ4n) is 1.86. The lowest BCUT2D eigenvalue weighted by Gasteiger charge is -2.49. The molecule has 0 aromatic carbocycles. The van der Waals surface area contributed by atoms with Crippen molar-refractivity contribution in [2.75, 3.05) is 7.05 Å². The quantitative estimate of drug-likeness (QED) is 0.606. The maximum Gasteiger partial charge on any atom is 0.0754 e. The van der Waals surface area contributed by atoms with Crippen LogP contribution < -0.4 is 0 Å². The molecule has 0 bridgehead atoms. The molecule has 0 amide bonds. The molecule has 3 unspecified atom stereocenters. The molecule has 0 aromatic heterocycles. The molecule has 72 valence electrons. The highest BCUT2D eigenvalue weighted by Gasteiger charge is 2.27. The first kappa shape index (κ1) is 9.92. The van der Waals surface area contributed by atoms with Crippen molar-refractivity contribution >= 4 is 0 Å². The first-order valence-corrected chi connectivity index (χ1v) is 4.39. The summed E-state index contributed by atoms with van der Waals surface area (Å²) >= 11 is 0. The van der Waals surface area contributed by atoms with Crippen LogP contribution in [0.15, 0.2) is 0 Å². The van der Waals surface area contributed by atoms with Crippen molar-refractivity contribution in [3.63, 3.8) is 0 Å². The molecule has 0 spiro atoms. The van der Waals surface area contributed by atoms with Crippen LogP contribution >= 0.6 is 0 Å². The highest BCUT2D eigenvalue weighted by molar-refractivity contribution is 4.82. The molecule has 12 heavy (non-hydrogen) atoms. The van der Waals surface area contributed by atoms with E-state index in [9.17, 15) is 10.4 Å². The van der Waals surface area contributed by atoms with E-state index in [0.717, 1.165) is 23.0 Å². The van der Waals surface area contributed by atoms with Crippen molar-refractivity contribution in [2.24, 2.45) is 5.92 Å². The predicted octanol–water partition coefficient (Wildman–Crippen LogP) is 1.25. The number of nitrogens with zero attached hydrogens (tertiary/aromatic N) is 2. The lowest BCUT2D eigenvalue weighted by atomic mass is 9.92. The van der Waals surface area contributed by atoms with Gasteiger partial charge in [0, 0.05) is 7.05 Å². The van der Waals surface area contributed by atoms with Crippen LogP contribution in [0, 0.1) is 11.1 Å². The van der Waals surface area contributed by atoms with Gasteiger partial charge in [0.2, 0.25) is 0 Å². The summed E-state index contributed by atoms with van der Waals surface area (Å²) in [6.45, 7) is 4.01. The highest BCUT2D eigenvalue weighted by atomic mass is 16.5. The number of hydroxylamine groups is 4. The van der Waals surface area contributed by atoms with Gasteiger partial charge in [0.1, 0.15) is 0 Å². The molecule has 1 aliphatic rings. The molecule has 0 aromatic rings. The first-order valence-electron chi connectivity index (χ1n) is 4.39. The van der Waals surface area contributed by atoms with Crippen LogP contribution in [0.1, 0.15) is 26.7 Å². The molecule has 3 atom stereocenters. The molecule has 1 heterocycles. The maximum absolute atomic E-state index is 11.4. The summed E-state index contributed by atoms with van der Waals surface area (Å²) < 4.78 is 0. The van der Waals surface area contributed by atoms with E-state index in [0.29, 0.717) is 5.92 Å². The monoisotopic (exact) mass is 173 g/mol. The minimum atomic E-state index is -0.358. The van der Waals surface area contributed by atoms with Gasteiger partial charge in [0.15, 0.2) is 0 Å². The maximum atomic E-state index is 11.4. The van der Waals surface area contributed by atoms with Gasteiger partial charge in [-0.2, -0.15) is 5.06 Å². The van der Waals surface area contributed by atoms with Crippen LogP contribution in [0.3, 0.4) is 0 Å². The summed E-state index contributed by atoms with van der Waals surface area (Å²) in [4.78, 5) is 0. The molecule has 4 heteroatoms. The van der Waals surface area contributed by atoms with Gasteiger partial charge >= 0.3 is 0 Å². The average molecular weight is 173 g/mol. The topological polar surface area (TPSA) is 49.8 Å². The molecule has 0 radical (unpaired) electrons. The summed E-state index contributed by atoms with van der Waals surface area (Å²) in [6.07, 6.45) is 1.32. The third kappa shape index (κ3) is 1.95. The van der Waals surface area contributed by atoms with Gasteiger partial charge in [-0.05, 0) is 24.8 Å². The van der Waals surface area contributed by atoms with Gasteiger partial charge in [-0.25, -0.2) is 0 Å². The van der Waals surface area contributed by atoms with E-state index in [4.69, 9.17) is 0 Å². The van der Waals surface area contributed by atoms with E-state index in [1.54, 1.807) is 0 Å². The molecular weight excluding hydrogens is 156 g/mol. The largest absolute Gasteiger partial charge is 0.784 e. The molecule has 1 saturated heterocycles. The van der Waals surface area contributed by atoms with Crippen LogP contribution in [0.4, 0.5) is 0 Å². The number of hydrogen-bond donors (Lipinski definition) is 1. The highest BCUT2D eigenvalue weighted by Crippen LogP contribution is 2.27. The van der Waals surface area contributed by atoms with Crippen molar-refractivity contribution in [3.8, 4) is 0 Å². The van der Waals surface area contributed by atoms with Crippen LogP contribution in [0.25, 0.3) is 0 Å². The normalized spacial score (nSPS) is 39.0. The van der Waals surface area contributed by atoms with Gasteiger partial charge in [-0.1, -0.05) is 13.8 Å². The Labute approximate surface area is 73.3 Å². The van der Waals surface area contributed by atoms with E-state index >= 15 is 0 Å². The summed E-state index contributed by atoms with van der Waals surface area (Å²) in [7, 11) is 1.53. The third-order valence-electron chi connectivity index (χ3n) is 2.52. The Kier molecular flexibility index (Phi) is 3.06. The summed E-state index contributed by atoms with van der Waals surface area (Å²) in [5.41, 5.74) is 0. The van der Waals surface area contributed by atoms with Crippen LogP contribution in [0.5, 0.6) is 0 Å². The van der Waals surface area contributed by atoms with Gasteiger partial charge in [-0.15, -0.1) is 0 Å². The molecule has 4 nitrogen and oxygen atoms in total. The predicted molar refractivity (Wildman–Crippen MR) is 46.4 cm³/mol. The molecule has 0 saturated carbocycles. The zero-order chi connectivity index (χ0) is 9.30. The molecule has 1 aliphatic heterocycles. The molecule has 0 aliphatic carbocycles. The number of rotatable bonds is 1. The Morgan fingerprint density at radius 2 is 2.00 bits per heavy atom. The Hall–Kier alpha value is -0.160. The molecule has 1 rings (SSSR count). The minimum absolute atomic E-state index is 0.0216. The van der Waals surface area contributed by atoms with E-state index < -0.39 is 0 Å². The summed E-state index contributed by atoms with van der Waals surface area (Å²) in [5, 5.41) is 22.6. The average Bonchev–Trinajstić information content (AvgIpc) is 1.96. The first-order chi connectivity index (χ1) is 5.52. The zero-order valence-corrected chi connectivity index (χ0v) is 7.90. The van der Waals surface area contributed by atoms with Crippen molar-refractivity contribution in [1.82, 2.24) is 10.1 Å². The lowest BCUT2D eigenvalue weighted by Crippen LogP contribution is -2.50. The van der Waals surface area contributed by atoms with Crippen molar-refractivity contribution in [2.45, 2.75) is 38.9 Å². The van der Waals surface area contributed by atoms with Gasteiger partial charge in [0.25, 0.3) is 0 Å². The second-order valence-electron chi connectivity index (χ2n) is 3.84. The SMILES string of the molecule is CC1CC(C)N([O-])C(N(C)O)C1. The Bertz CT molecular complexity index is 152. The molecule has 1 N–H and O–H groups in total. The van der Waals surface area contributed by atoms with Gasteiger partial charge < -0.3 is 15.5 Å². The number of hydrogen-bond acceptors (Lipinski definition) is 4. The van der Waals surface area contributed by atoms with Crippen LogP contribution in [-0.4, -0.2) is 34.6 Å². The van der Waals surface area contributed by atoms with E-state index in [1.165, 1.54) is 7.05 Å². The van der Waals surface area contributed by atoms with Gasteiger partial charge in [0.05, 0.1) is 6.17 Å². The summed E-state index contributed by atoms with van der Waals surface area (Å²) in [6, 6.07) is 0.0216. The second kappa shape index (κ2) is 3.70. The second-order valence-corrected chi connectivity index (χ2v) is 3.84. The Morgan fingerprint density at radius 3 is 2.50 bits per heavy atom. The lowest BCUT2D eigenvalue weighted by molar-refractivity contribution is -0.165. The van der Waals surface area contributed by atoms with E-state index in [-0.39, 0.29) is 12.2 Å². The molecule has 1 fully saturated rings. The minimum Gasteiger partial charge on any atom is -0.784 e.